The van der Waals surface area contributed by atoms with E-state index in [-0.39, 0.29) is 5.41 Å². The quantitative estimate of drug-likeness (QED) is 0.752. The third-order valence-electron chi connectivity index (χ3n) is 2.09. The molecule has 2 rings (SSSR count). The molecule has 1 saturated heterocycles. The summed E-state index contributed by atoms with van der Waals surface area (Å²) in [5.41, 5.74) is 0.225. The van der Waals surface area contributed by atoms with Crippen molar-refractivity contribution in [1.29, 1.82) is 0 Å². The lowest BCUT2D eigenvalue weighted by molar-refractivity contribution is -0.0926. The van der Waals surface area contributed by atoms with E-state index in [0.717, 1.165) is 19.8 Å². The third kappa shape index (κ3) is 1.80. The highest BCUT2D eigenvalue weighted by Crippen LogP contribution is 2.26. The molecule has 72 valence electrons. The van der Waals surface area contributed by atoms with Gasteiger partial charge >= 0.3 is 6.01 Å². The van der Waals surface area contributed by atoms with E-state index in [0.29, 0.717) is 11.9 Å². The van der Waals surface area contributed by atoms with Crippen LogP contribution in [0.15, 0.2) is 4.42 Å². The van der Waals surface area contributed by atoms with Crippen LogP contribution < -0.4 is 5.32 Å². The Labute approximate surface area is 76.5 Å². The number of hydrogen-bond acceptors (Lipinski definition) is 5. The molecule has 0 aliphatic carbocycles. The Kier molecular flexibility index (Phi) is 1.95. The highest BCUT2D eigenvalue weighted by molar-refractivity contribution is 5.17. The van der Waals surface area contributed by atoms with Crippen molar-refractivity contribution in [1.82, 2.24) is 10.2 Å². The van der Waals surface area contributed by atoms with E-state index < -0.39 is 0 Å². The van der Waals surface area contributed by atoms with Crippen LogP contribution in [-0.2, 0) is 4.74 Å². The summed E-state index contributed by atoms with van der Waals surface area (Å²) in [6, 6.07) is 0.491. The standard InChI is InChI=1S/C8H13N3O2/c1-6-10-11-7(13-6)9-3-8(2)4-12-5-8/h3-5H2,1-2H3,(H,9,11). The van der Waals surface area contributed by atoms with E-state index in [1.54, 1.807) is 6.92 Å². The van der Waals surface area contributed by atoms with Gasteiger partial charge in [-0.25, -0.2) is 0 Å². The number of aryl methyl sites for hydroxylation is 1. The van der Waals surface area contributed by atoms with E-state index in [1.807, 2.05) is 0 Å². The topological polar surface area (TPSA) is 60.2 Å². The lowest BCUT2D eigenvalue weighted by Gasteiger charge is -2.37. The molecule has 1 aromatic rings. The average molecular weight is 183 g/mol. The van der Waals surface area contributed by atoms with Gasteiger partial charge in [0.25, 0.3) is 0 Å². The Morgan fingerprint density at radius 1 is 1.46 bits per heavy atom. The minimum absolute atomic E-state index is 0.225. The van der Waals surface area contributed by atoms with E-state index in [9.17, 15) is 0 Å². The van der Waals surface area contributed by atoms with Gasteiger partial charge in [0.2, 0.25) is 5.89 Å². The summed E-state index contributed by atoms with van der Waals surface area (Å²) in [6.07, 6.45) is 0. The molecular formula is C8H13N3O2. The second-order valence-corrected chi connectivity index (χ2v) is 3.78. The Morgan fingerprint density at radius 2 is 2.23 bits per heavy atom. The van der Waals surface area contributed by atoms with E-state index in [2.05, 4.69) is 22.4 Å². The molecule has 5 nitrogen and oxygen atoms in total. The number of rotatable bonds is 3. The molecule has 1 aliphatic heterocycles. The van der Waals surface area contributed by atoms with Crippen LogP contribution in [0.5, 0.6) is 0 Å². The monoisotopic (exact) mass is 183 g/mol. The van der Waals surface area contributed by atoms with Crippen molar-refractivity contribution in [3.05, 3.63) is 5.89 Å². The molecule has 0 bridgehead atoms. The molecule has 2 heterocycles. The minimum atomic E-state index is 0.225. The van der Waals surface area contributed by atoms with Gasteiger partial charge in [-0.2, -0.15) is 0 Å². The zero-order valence-electron chi connectivity index (χ0n) is 7.83. The number of anilines is 1. The molecule has 0 unspecified atom stereocenters. The fourth-order valence-corrected chi connectivity index (χ4v) is 1.21. The number of nitrogens with one attached hydrogen (secondary N) is 1. The van der Waals surface area contributed by atoms with Gasteiger partial charge in [-0.1, -0.05) is 12.0 Å². The van der Waals surface area contributed by atoms with Gasteiger partial charge in [0.1, 0.15) is 0 Å². The molecule has 0 aromatic carbocycles. The van der Waals surface area contributed by atoms with Crippen molar-refractivity contribution < 1.29 is 9.15 Å². The molecule has 0 atom stereocenters. The second-order valence-electron chi connectivity index (χ2n) is 3.78. The molecule has 13 heavy (non-hydrogen) atoms. The first-order valence-electron chi connectivity index (χ1n) is 4.30. The van der Waals surface area contributed by atoms with Crippen molar-refractivity contribution in [2.75, 3.05) is 25.1 Å². The first-order chi connectivity index (χ1) is 6.18. The van der Waals surface area contributed by atoms with Gasteiger partial charge < -0.3 is 14.5 Å². The van der Waals surface area contributed by atoms with Crippen molar-refractivity contribution in [3.63, 3.8) is 0 Å². The summed E-state index contributed by atoms with van der Waals surface area (Å²) in [7, 11) is 0. The van der Waals surface area contributed by atoms with Crippen molar-refractivity contribution >= 4 is 6.01 Å². The van der Waals surface area contributed by atoms with Crippen LogP contribution in [0.1, 0.15) is 12.8 Å². The summed E-state index contributed by atoms with van der Waals surface area (Å²) in [5, 5.41) is 10.6. The van der Waals surface area contributed by atoms with Crippen LogP contribution in [0.25, 0.3) is 0 Å². The van der Waals surface area contributed by atoms with E-state index in [4.69, 9.17) is 9.15 Å². The highest BCUT2D eigenvalue weighted by Gasteiger charge is 2.33. The Morgan fingerprint density at radius 3 is 2.69 bits per heavy atom. The van der Waals surface area contributed by atoms with Crippen molar-refractivity contribution in [2.45, 2.75) is 13.8 Å². The summed E-state index contributed by atoms with van der Waals surface area (Å²) in [5.74, 6) is 0.581. The largest absolute Gasteiger partial charge is 0.408 e. The van der Waals surface area contributed by atoms with Crippen LogP contribution in [0.2, 0.25) is 0 Å². The van der Waals surface area contributed by atoms with Gasteiger partial charge in [-0.15, -0.1) is 5.10 Å². The van der Waals surface area contributed by atoms with Gasteiger partial charge in [0, 0.05) is 18.9 Å². The van der Waals surface area contributed by atoms with Crippen LogP contribution in [0.4, 0.5) is 6.01 Å². The SMILES string of the molecule is Cc1nnc(NCC2(C)COC2)o1. The number of aromatic nitrogens is 2. The number of hydrogen-bond donors (Lipinski definition) is 1. The predicted molar refractivity (Wildman–Crippen MR) is 46.5 cm³/mol. The Hall–Kier alpha value is -1.10. The van der Waals surface area contributed by atoms with Gasteiger partial charge in [0.15, 0.2) is 0 Å². The number of ether oxygens (including phenoxy) is 1. The molecular weight excluding hydrogens is 170 g/mol. The molecule has 0 spiro atoms. The maximum atomic E-state index is 5.17. The molecule has 0 saturated carbocycles. The maximum absolute atomic E-state index is 5.17. The lowest BCUT2D eigenvalue weighted by Crippen LogP contribution is -2.45. The third-order valence-corrected chi connectivity index (χ3v) is 2.09. The molecule has 5 heteroatoms. The molecule has 0 radical (unpaired) electrons. The van der Waals surface area contributed by atoms with Crippen molar-refractivity contribution in [3.8, 4) is 0 Å². The Bertz CT molecular complexity index is 293. The van der Waals surface area contributed by atoms with Gasteiger partial charge in [0.05, 0.1) is 13.2 Å². The molecule has 1 aliphatic rings. The zero-order chi connectivity index (χ0) is 9.31. The minimum Gasteiger partial charge on any atom is -0.408 e. The van der Waals surface area contributed by atoms with E-state index in [1.165, 1.54) is 0 Å². The van der Waals surface area contributed by atoms with Crippen LogP contribution in [0.3, 0.4) is 0 Å². The van der Waals surface area contributed by atoms with Crippen LogP contribution in [0, 0.1) is 12.3 Å². The molecule has 1 N–H and O–H groups in total. The summed E-state index contributed by atoms with van der Waals surface area (Å²) in [4.78, 5) is 0. The summed E-state index contributed by atoms with van der Waals surface area (Å²) >= 11 is 0. The fourth-order valence-electron chi connectivity index (χ4n) is 1.21. The smallest absolute Gasteiger partial charge is 0.315 e. The average Bonchev–Trinajstić information content (AvgIpc) is 2.44. The predicted octanol–water partition coefficient (Wildman–Crippen LogP) is 0.826. The van der Waals surface area contributed by atoms with E-state index >= 15 is 0 Å². The van der Waals surface area contributed by atoms with Gasteiger partial charge in [-0.05, 0) is 0 Å². The van der Waals surface area contributed by atoms with Crippen LogP contribution >= 0.6 is 0 Å². The number of nitrogens with zero attached hydrogens (tertiary/aromatic N) is 2. The molecule has 1 aromatic heterocycles. The first kappa shape index (κ1) is 8.50. The Balaban J connectivity index is 1.85. The summed E-state index contributed by atoms with van der Waals surface area (Å²) < 4.78 is 10.3. The fraction of sp³-hybridized carbons (Fsp3) is 0.750. The van der Waals surface area contributed by atoms with Crippen molar-refractivity contribution in [2.24, 2.45) is 5.41 Å². The normalized spacial score (nSPS) is 19.5. The zero-order valence-corrected chi connectivity index (χ0v) is 7.83. The molecule has 0 amide bonds. The second kappa shape index (κ2) is 2.99. The summed E-state index contributed by atoms with van der Waals surface area (Å²) in [6.45, 7) is 6.34. The van der Waals surface area contributed by atoms with Gasteiger partial charge in [-0.3, -0.25) is 0 Å². The lowest BCUT2D eigenvalue weighted by atomic mass is 9.89. The highest BCUT2D eigenvalue weighted by atomic mass is 16.5. The maximum Gasteiger partial charge on any atom is 0.315 e. The molecule has 1 fully saturated rings. The van der Waals surface area contributed by atoms with Crippen LogP contribution in [-0.4, -0.2) is 30.0 Å². The first-order valence-corrected chi connectivity index (χ1v) is 4.30.